The summed E-state index contributed by atoms with van der Waals surface area (Å²) in [5, 5.41) is 0. The molecule has 1 aliphatic heterocycles. The Morgan fingerprint density at radius 2 is 1.50 bits per heavy atom. The summed E-state index contributed by atoms with van der Waals surface area (Å²) in [6, 6.07) is 15.9. The molecule has 0 radical (unpaired) electrons. The highest BCUT2D eigenvalue weighted by Gasteiger charge is 2.25. The zero-order valence-corrected chi connectivity index (χ0v) is 14.3. The minimum Gasteiger partial charge on any atom is -0.483 e. The lowest BCUT2D eigenvalue weighted by Gasteiger charge is -2.34. The van der Waals surface area contributed by atoms with Gasteiger partial charge in [-0.3, -0.25) is 14.4 Å². The molecule has 0 aliphatic carbocycles. The van der Waals surface area contributed by atoms with Crippen LogP contribution in [-0.4, -0.2) is 60.7 Å². The van der Waals surface area contributed by atoms with Gasteiger partial charge in [0, 0.05) is 31.7 Å². The van der Waals surface area contributed by atoms with Gasteiger partial charge >= 0.3 is 0 Å². The summed E-state index contributed by atoms with van der Waals surface area (Å²) in [6.45, 7) is 1.79. The van der Waals surface area contributed by atoms with E-state index in [1.165, 1.54) is 0 Å². The zero-order valence-electron chi connectivity index (χ0n) is 14.3. The van der Waals surface area contributed by atoms with Crippen LogP contribution in [0, 0.1) is 0 Å². The topological polar surface area (TPSA) is 66.9 Å². The van der Waals surface area contributed by atoms with E-state index in [4.69, 9.17) is 4.74 Å². The van der Waals surface area contributed by atoms with Gasteiger partial charge in [0.15, 0.2) is 12.9 Å². The van der Waals surface area contributed by atoms with Crippen LogP contribution in [0.4, 0.5) is 0 Å². The molecule has 1 saturated heterocycles. The Bertz CT molecular complexity index is 783. The van der Waals surface area contributed by atoms with Crippen LogP contribution in [0.25, 0.3) is 0 Å². The quantitative estimate of drug-likeness (QED) is 0.771. The summed E-state index contributed by atoms with van der Waals surface area (Å²) >= 11 is 0. The summed E-state index contributed by atoms with van der Waals surface area (Å²) in [5.74, 6) is 0.222. The smallest absolute Gasteiger partial charge is 0.260 e. The molecule has 0 N–H and O–H groups in total. The van der Waals surface area contributed by atoms with Gasteiger partial charge in [0.05, 0.1) is 5.56 Å². The molecule has 2 amide bonds. The molecule has 134 valence electrons. The predicted molar refractivity (Wildman–Crippen MR) is 96.3 cm³/mol. The maximum Gasteiger partial charge on any atom is 0.260 e. The molecule has 0 aromatic heterocycles. The van der Waals surface area contributed by atoms with Crippen molar-refractivity contribution in [2.45, 2.75) is 0 Å². The van der Waals surface area contributed by atoms with Crippen molar-refractivity contribution in [2.75, 3.05) is 32.8 Å². The van der Waals surface area contributed by atoms with Gasteiger partial charge in [-0.2, -0.15) is 0 Å². The number of hydrogen-bond donors (Lipinski definition) is 0. The van der Waals surface area contributed by atoms with Crippen LogP contribution in [0.5, 0.6) is 5.75 Å². The highest BCUT2D eigenvalue weighted by molar-refractivity contribution is 5.94. The van der Waals surface area contributed by atoms with Crippen molar-refractivity contribution in [3.8, 4) is 5.75 Å². The third-order valence-electron chi connectivity index (χ3n) is 4.34. The second-order valence-corrected chi connectivity index (χ2v) is 5.98. The molecule has 0 spiro atoms. The molecule has 1 heterocycles. The monoisotopic (exact) mass is 352 g/mol. The van der Waals surface area contributed by atoms with Gasteiger partial charge in [0.25, 0.3) is 11.8 Å². The van der Waals surface area contributed by atoms with E-state index in [2.05, 4.69) is 0 Å². The fraction of sp³-hybridized carbons (Fsp3) is 0.250. The fourth-order valence-electron chi connectivity index (χ4n) is 2.86. The molecule has 26 heavy (non-hydrogen) atoms. The first kappa shape index (κ1) is 17.7. The average molecular weight is 352 g/mol. The molecular weight excluding hydrogens is 332 g/mol. The van der Waals surface area contributed by atoms with Crippen molar-refractivity contribution in [1.29, 1.82) is 0 Å². The SMILES string of the molecule is O=Cc1ccccc1OCC(=O)N1CCN(C(=O)c2ccccc2)CC1. The number of carbonyl (C=O) groups excluding carboxylic acids is 3. The Morgan fingerprint density at radius 1 is 0.885 bits per heavy atom. The lowest BCUT2D eigenvalue weighted by atomic mass is 10.2. The molecule has 0 unspecified atom stereocenters. The first-order valence-electron chi connectivity index (χ1n) is 8.48. The van der Waals surface area contributed by atoms with E-state index in [0.717, 1.165) is 0 Å². The summed E-state index contributed by atoms with van der Waals surface area (Å²) < 4.78 is 5.48. The minimum absolute atomic E-state index is 0.0196. The van der Waals surface area contributed by atoms with E-state index in [1.54, 1.807) is 46.2 Å². The lowest BCUT2D eigenvalue weighted by molar-refractivity contribution is -0.134. The second kappa shape index (κ2) is 8.29. The van der Waals surface area contributed by atoms with Crippen LogP contribution in [0.2, 0.25) is 0 Å². The summed E-state index contributed by atoms with van der Waals surface area (Å²) in [7, 11) is 0. The number of benzene rings is 2. The maximum absolute atomic E-state index is 12.4. The van der Waals surface area contributed by atoms with Gasteiger partial charge < -0.3 is 14.5 Å². The third-order valence-corrected chi connectivity index (χ3v) is 4.34. The standard InChI is InChI=1S/C20H20N2O4/c23-14-17-8-4-5-9-18(17)26-15-19(24)21-10-12-22(13-11-21)20(25)16-6-2-1-3-7-16/h1-9,14H,10-13,15H2. The first-order chi connectivity index (χ1) is 12.7. The Labute approximate surface area is 152 Å². The van der Waals surface area contributed by atoms with Crippen molar-refractivity contribution in [2.24, 2.45) is 0 Å². The Morgan fingerprint density at radius 3 is 2.19 bits per heavy atom. The largest absolute Gasteiger partial charge is 0.483 e. The van der Waals surface area contributed by atoms with E-state index < -0.39 is 0 Å². The molecule has 6 nitrogen and oxygen atoms in total. The molecule has 6 heteroatoms. The number of carbonyl (C=O) groups is 3. The number of rotatable bonds is 5. The third kappa shape index (κ3) is 4.08. The van der Waals surface area contributed by atoms with Crippen molar-refractivity contribution < 1.29 is 19.1 Å². The molecule has 1 fully saturated rings. The van der Waals surface area contributed by atoms with E-state index in [9.17, 15) is 14.4 Å². The summed E-state index contributed by atoms with van der Waals surface area (Å²) in [5.41, 5.74) is 1.07. The highest BCUT2D eigenvalue weighted by Crippen LogP contribution is 2.16. The Kier molecular flexibility index (Phi) is 5.63. The fourth-order valence-corrected chi connectivity index (χ4v) is 2.86. The number of amides is 2. The van der Waals surface area contributed by atoms with Crippen molar-refractivity contribution in [3.05, 3.63) is 65.7 Å². The Hall–Kier alpha value is -3.15. The van der Waals surface area contributed by atoms with E-state index in [-0.39, 0.29) is 18.4 Å². The molecule has 3 rings (SSSR count). The number of aldehydes is 1. The number of para-hydroxylation sites is 1. The number of hydrogen-bond acceptors (Lipinski definition) is 4. The highest BCUT2D eigenvalue weighted by atomic mass is 16.5. The number of piperazine rings is 1. The Balaban J connectivity index is 1.51. The molecule has 2 aromatic rings. The van der Waals surface area contributed by atoms with E-state index >= 15 is 0 Å². The maximum atomic E-state index is 12.4. The van der Waals surface area contributed by atoms with Crippen LogP contribution in [0.15, 0.2) is 54.6 Å². The van der Waals surface area contributed by atoms with Gasteiger partial charge in [-0.25, -0.2) is 0 Å². The van der Waals surface area contributed by atoms with Gasteiger partial charge in [0.1, 0.15) is 5.75 Å². The van der Waals surface area contributed by atoms with Crippen molar-refractivity contribution in [1.82, 2.24) is 9.80 Å². The molecule has 2 aromatic carbocycles. The molecule has 1 aliphatic rings. The van der Waals surface area contributed by atoms with Gasteiger partial charge in [-0.15, -0.1) is 0 Å². The number of nitrogens with zero attached hydrogens (tertiary/aromatic N) is 2. The van der Waals surface area contributed by atoms with Crippen LogP contribution >= 0.6 is 0 Å². The van der Waals surface area contributed by atoms with Crippen molar-refractivity contribution >= 4 is 18.1 Å². The van der Waals surface area contributed by atoms with E-state index in [0.29, 0.717) is 49.3 Å². The molecule has 0 atom stereocenters. The molecular formula is C20H20N2O4. The number of ether oxygens (including phenoxy) is 1. The minimum atomic E-state index is -0.155. The average Bonchev–Trinajstić information content (AvgIpc) is 2.72. The molecule has 0 saturated carbocycles. The van der Waals surface area contributed by atoms with Crippen LogP contribution in [0.1, 0.15) is 20.7 Å². The predicted octanol–water partition coefficient (Wildman–Crippen LogP) is 1.86. The van der Waals surface area contributed by atoms with E-state index in [1.807, 2.05) is 18.2 Å². The van der Waals surface area contributed by atoms with Crippen LogP contribution in [0.3, 0.4) is 0 Å². The van der Waals surface area contributed by atoms with Gasteiger partial charge in [-0.05, 0) is 24.3 Å². The van der Waals surface area contributed by atoms with Gasteiger partial charge in [0.2, 0.25) is 0 Å². The van der Waals surface area contributed by atoms with Crippen LogP contribution in [-0.2, 0) is 4.79 Å². The summed E-state index contributed by atoms with van der Waals surface area (Å²) in [4.78, 5) is 39.2. The van der Waals surface area contributed by atoms with Crippen LogP contribution < -0.4 is 4.74 Å². The second-order valence-electron chi connectivity index (χ2n) is 5.98. The van der Waals surface area contributed by atoms with Crippen molar-refractivity contribution in [3.63, 3.8) is 0 Å². The van der Waals surface area contributed by atoms with Gasteiger partial charge in [-0.1, -0.05) is 30.3 Å². The first-order valence-corrected chi connectivity index (χ1v) is 8.48. The molecule has 0 bridgehead atoms. The normalized spacial score (nSPS) is 14.0. The summed E-state index contributed by atoms with van der Waals surface area (Å²) in [6.07, 6.45) is 0.702. The lowest BCUT2D eigenvalue weighted by Crippen LogP contribution is -2.51. The zero-order chi connectivity index (χ0) is 18.4.